The van der Waals surface area contributed by atoms with Gasteiger partial charge in [-0.2, -0.15) is 0 Å². The van der Waals surface area contributed by atoms with Gasteiger partial charge in [0.1, 0.15) is 10.1 Å². The van der Waals surface area contributed by atoms with Crippen molar-refractivity contribution in [3.8, 4) is 5.75 Å². The first-order valence-electron chi connectivity index (χ1n) is 11.0. The smallest absolute Gasteiger partial charge is 0.266 e. The highest BCUT2D eigenvalue weighted by atomic mass is 32.2. The third-order valence-corrected chi connectivity index (χ3v) is 8.81. The molecule has 0 atom stereocenters. The fourth-order valence-electron chi connectivity index (χ4n) is 6.66. The van der Waals surface area contributed by atoms with Crippen LogP contribution in [0.2, 0.25) is 0 Å². The Morgan fingerprint density at radius 2 is 1.83 bits per heavy atom. The molecule has 154 valence electrons. The fourth-order valence-corrected chi connectivity index (χ4v) is 8.03. The van der Waals surface area contributed by atoms with Crippen LogP contribution in [0.3, 0.4) is 0 Å². The van der Waals surface area contributed by atoms with E-state index in [2.05, 4.69) is 18.2 Å². The number of amides is 1. The van der Waals surface area contributed by atoms with Gasteiger partial charge in [0.25, 0.3) is 5.91 Å². The summed E-state index contributed by atoms with van der Waals surface area (Å²) < 4.78 is 6.58. The number of hydrogen-bond acceptors (Lipinski definition) is 4. The SMILES string of the molecule is CCOc1ccc(C23CC4CC(CC(C4)C2)C3)cc1/C=C1\SC(=S)N(CC)C1=O. The predicted molar refractivity (Wildman–Crippen MR) is 123 cm³/mol. The first-order valence-corrected chi connectivity index (χ1v) is 12.3. The van der Waals surface area contributed by atoms with Crippen LogP contribution in [0.5, 0.6) is 5.75 Å². The minimum Gasteiger partial charge on any atom is -0.493 e. The van der Waals surface area contributed by atoms with Crippen LogP contribution in [0.1, 0.15) is 63.5 Å². The number of ether oxygens (including phenoxy) is 1. The van der Waals surface area contributed by atoms with Crippen molar-refractivity contribution < 1.29 is 9.53 Å². The summed E-state index contributed by atoms with van der Waals surface area (Å²) in [5.74, 6) is 3.62. The van der Waals surface area contributed by atoms with E-state index in [9.17, 15) is 4.79 Å². The number of likely N-dealkylation sites (N-methyl/N-ethyl adjacent to an activating group) is 1. The summed E-state index contributed by atoms with van der Waals surface area (Å²) in [6.45, 7) is 5.21. The molecule has 1 aromatic rings. The Bertz CT molecular complexity index is 856. The predicted octanol–water partition coefficient (Wildman–Crippen LogP) is 5.77. The molecule has 29 heavy (non-hydrogen) atoms. The minimum absolute atomic E-state index is 0.0187. The molecule has 0 radical (unpaired) electrons. The Kier molecular flexibility index (Phi) is 5.02. The van der Waals surface area contributed by atoms with Gasteiger partial charge in [0.05, 0.1) is 11.5 Å². The van der Waals surface area contributed by atoms with E-state index in [4.69, 9.17) is 17.0 Å². The van der Waals surface area contributed by atoms with E-state index < -0.39 is 0 Å². The molecule has 5 fully saturated rings. The van der Waals surface area contributed by atoms with Crippen molar-refractivity contribution in [1.82, 2.24) is 4.90 Å². The van der Waals surface area contributed by atoms with Gasteiger partial charge < -0.3 is 4.74 Å². The molecule has 0 aromatic heterocycles. The summed E-state index contributed by atoms with van der Waals surface area (Å²) in [4.78, 5) is 15.1. The van der Waals surface area contributed by atoms with E-state index in [1.165, 1.54) is 55.9 Å². The Hall–Kier alpha value is -1.33. The quantitative estimate of drug-likeness (QED) is 0.440. The zero-order valence-corrected chi connectivity index (χ0v) is 18.9. The van der Waals surface area contributed by atoms with Crippen molar-refractivity contribution in [2.45, 2.75) is 57.8 Å². The number of thiocarbonyl (C=S) groups is 1. The third kappa shape index (κ3) is 3.34. The molecule has 4 aliphatic carbocycles. The molecule has 0 spiro atoms. The average Bonchev–Trinajstić information content (AvgIpc) is 2.94. The molecule has 1 aliphatic heterocycles. The van der Waals surface area contributed by atoms with E-state index in [0.717, 1.165) is 29.1 Å². The minimum atomic E-state index is 0.0187. The highest BCUT2D eigenvalue weighted by Crippen LogP contribution is 2.61. The number of carbonyl (C=O) groups is 1. The van der Waals surface area contributed by atoms with E-state index in [0.29, 0.717) is 27.8 Å². The lowest BCUT2D eigenvalue weighted by Gasteiger charge is -2.57. The van der Waals surface area contributed by atoms with Gasteiger partial charge >= 0.3 is 0 Å². The molecule has 4 saturated carbocycles. The largest absolute Gasteiger partial charge is 0.493 e. The van der Waals surface area contributed by atoms with Crippen molar-refractivity contribution in [2.75, 3.05) is 13.2 Å². The van der Waals surface area contributed by atoms with E-state index in [1.807, 2.05) is 19.9 Å². The molecule has 6 rings (SSSR count). The number of thioether (sulfide) groups is 1. The van der Waals surface area contributed by atoms with Crippen LogP contribution in [0, 0.1) is 17.8 Å². The van der Waals surface area contributed by atoms with Crippen LogP contribution in [-0.2, 0) is 10.2 Å². The summed E-state index contributed by atoms with van der Waals surface area (Å²) >= 11 is 6.80. The van der Waals surface area contributed by atoms with Gasteiger partial charge in [-0.1, -0.05) is 30.0 Å². The lowest BCUT2D eigenvalue weighted by molar-refractivity contribution is -0.121. The monoisotopic (exact) mass is 427 g/mol. The Balaban J connectivity index is 1.53. The highest BCUT2D eigenvalue weighted by Gasteiger charge is 2.51. The van der Waals surface area contributed by atoms with Gasteiger partial charge in [-0.25, -0.2) is 0 Å². The molecular weight excluding hydrogens is 398 g/mol. The Morgan fingerprint density at radius 1 is 1.17 bits per heavy atom. The van der Waals surface area contributed by atoms with Gasteiger partial charge in [-0.3, -0.25) is 9.69 Å². The number of nitrogens with zero attached hydrogens (tertiary/aromatic N) is 1. The second kappa shape index (κ2) is 7.42. The maximum Gasteiger partial charge on any atom is 0.266 e. The van der Waals surface area contributed by atoms with Crippen molar-refractivity contribution in [1.29, 1.82) is 0 Å². The standard InChI is InChI=1S/C24H29NO2S2/c1-3-25-22(26)21(29-23(25)28)11-18-10-19(5-6-20(18)27-4-2)24-12-15-7-16(13-24)9-17(8-15)14-24/h5-6,10-11,15-17H,3-4,7-9,12-14H2,1-2H3/b21-11-. The fraction of sp³-hybridized carbons (Fsp3) is 0.583. The van der Waals surface area contributed by atoms with Gasteiger partial charge in [0, 0.05) is 12.1 Å². The highest BCUT2D eigenvalue weighted by molar-refractivity contribution is 8.26. The first kappa shape index (κ1) is 19.6. The second-order valence-electron chi connectivity index (χ2n) is 9.31. The normalized spacial score (nSPS) is 34.5. The summed E-state index contributed by atoms with van der Waals surface area (Å²) in [6.07, 6.45) is 10.4. The molecule has 4 bridgehead atoms. The van der Waals surface area contributed by atoms with Crippen LogP contribution in [0.25, 0.3) is 6.08 Å². The van der Waals surface area contributed by atoms with Crippen LogP contribution >= 0.6 is 24.0 Å². The third-order valence-electron chi connectivity index (χ3n) is 7.44. The van der Waals surface area contributed by atoms with E-state index >= 15 is 0 Å². The molecule has 0 unspecified atom stereocenters. The van der Waals surface area contributed by atoms with E-state index in [1.54, 1.807) is 4.90 Å². The Morgan fingerprint density at radius 3 is 2.38 bits per heavy atom. The lowest BCUT2D eigenvalue weighted by Crippen LogP contribution is -2.48. The molecule has 5 heteroatoms. The molecule has 1 heterocycles. The van der Waals surface area contributed by atoms with Crippen LogP contribution in [0.4, 0.5) is 0 Å². The summed E-state index contributed by atoms with van der Waals surface area (Å²) in [5, 5.41) is 0. The molecule has 1 amide bonds. The molecule has 0 N–H and O–H groups in total. The van der Waals surface area contributed by atoms with Crippen molar-refractivity contribution in [2.24, 2.45) is 17.8 Å². The maximum absolute atomic E-state index is 12.7. The second-order valence-corrected chi connectivity index (χ2v) is 11.0. The van der Waals surface area contributed by atoms with Gasteiger partial charge in [-0.05, 0) is 99.3 Å². The van der Waals surface area contributed by atoms with Crippen LogP contribution in [-0.4, -0.2) is 28.3 Å². The molecule has 1 saturated heterocycles. The summed E-state index contributed by atoms with van der Waals surface area (Å²) in [6, 6.07) is 6.74. The van der Waals surface area contributed by atoms with Gasteiger partial charge in [0.2, 0.25) is 0 Å². The van der Waals surface area contributed by atoms with Gasteiger partial charge in [0.15, 0.2) is 0 Å². The maximum atomic E-state index is 12.7. The zero-order chi connectivity index (χ0) is 20.2. The lowest BCUT2D eigenvalue weighted by atomic mass is 9.48. The summed E-state index contributed by atoms with van der Waals surface area (Å²) in [5.41, 5.74) is 2.82. The van der Waals surface area contributed by atoms with Crippen molar-refractivity contribution >= 4 is 40.3 Å². The van der Waals surface area contributed by atoms with Crippen molar-refractivity contribution in [3.63, 3.8) is 0 Å². The molecule has 1 aromatic carbocycles. The topological polar surface area (TPSA) is 29.5 Å². The van der Waals surface area contributed by atoms with Crippen LogP contribution < -0.4 is 4.74 Å². The Labute approximate surface area is 183 Å². The number of hydrogen-bond donors (Lipinski definition) is 0. The number of rotatable bonds is 5. The number of carbonyl (C=O) groups excluding carboxylic acids is 1. The first-order chi connectivity index (χ1) is 14.0. The molecule has 5 aliphatic rings. The molecular formula is C24H29NO2S2. The molecule has 3 nitrogen and oxygen atoms in total. The van der Waals surface area contributed by atoms with E-state index in [-0.39, 0.29) is 5.91 Å². The zero-order valence-electron chi connectivity index (χ0n) is 17.3. The van der Waals surface area contributed by atoms with Crippen molar-refractivity contribution in [3.05, 3.63) is 34.2 Å². The number of benzene rings is 1. The van der Waals surface area contributed by atoms with Gasteiger partial charge in [-0.15, -0.1) is 0 Å². The van der Waals surface area contributed by atoms with Crippen LogP contribution in [0.15, 0.2) is 23.1 Å². The summed E-state index contributed by atoms with van der Waals surface area (Å²) in [7, 11) is 0. The average molecular weight is 428 g/mol.